The number of nitrogens with zero attached hydrogens (tertiary/aromatic N) is 1. The van der Waals surface area contributed by atoms with Gasteiger partial charge in [-0.15, -0.1) is 0 Å². The number of aromatic amines is 1. The molecule has 4 unspecified atom stereocenters. The molecule has 0 saturated carbocycles. The van der Waals surface area contributed by atoms with E-state index in [1.54, 1.807) is 0 Å². The van der Waals surface area contributed by atoms with Crippen LogP contribution in [0.15, 0.2) is 12.5 Å². The summed E-state index contributed by atoms with van der Waals surface area (Å²) in [6.45, 7) is -1.27. The molecule has 4 atom stereocenters. The first kappa shape index (κ1) is 27.0. The number of aliphatic hydroxyl groups excluding tert-OH is 2. The summed E-state index contributed by atoms with van der Waals surface area (Å²) in [5.74, 6) is -3.91. The lowest BCUT2D eigenvalue weighted by Gasteiger charge is -2.24. The minimum absolute atomic E-state index is 0.0126. The maximum Gasteiger partial charge on any atom is 0.328 e. The summed E-state index contributed by atoms with van der Waals surface area (Å²) in [5.41, 5.74) is 11.8. The van der Waals surface area contributed by atoms with Gasteiger partial charge in [0, 0.05) is 18.3 Å². The van der Waals surface area contributed by atoms with Gasteiger partial charge in [-0.25, -0.2) is 9.78 Å². The molecular weight excluding hydrogens is 426 g/mol. The molecule has 11 N–H and O–H groups in total. The Labute approximate surface area is 184 Å². The fourth-order valence-electron chi connectivity index (χ4n) is 2.67. The summed E-state index contributed by atoms with van der Waals surface area (Å²) in [6, 6.07) is -5.18. The van der Waals surface area contributed by atoms with Crippen molar-refractivity contribution in [2.45, 2.75) is 49.9 Å². The molecule has 0 saturated heterocycles. The van der Waals surface area contributed by atoms with Gasteiger partial charge in [-0.2, -0.15) is 0 Å². The smallest absolute Gasteiger partial charge is 0.328 e. The molecule has 1 heterocycles. The normalized spacial score (nSPS) is 14.6. The van der Waals surface area contributed by atoms with E-state index in [9.17, 15) is 24.3 Å². The number of nitrogens with one attached hydrogen (secondary N) is 4. The number of carbonyl (C=O) groups is 4. The summed E-state index contributed by atoms with van der Waals surface area (Å²) in [6.07, 6.45) is 4.50. The van der Waals surface area contributed by atoms with Gasteiger partial charge in [0.15, 0.2) is 0 Å². The highest BCUT2D eigenvalue weighted by Crippen LogP contribution is 2.03. The van der Waals surface area contributed by atoms with E-state index >= 15 is 0 Å². The van der Waals surface area contributed by atoms with Crippen LogP contribution in [0.5, 0.6) is 0 Å². The van der Waals surface area contributed by atoms with Crippen molar-refractivity contribution in [2.75, 3.05) is 19.8 Å². The molecule has 0 bridgehead atoms. The average Bonchev–Trinajstić information content (AvgIpc) is 3.27. The summed E-state index contributed by atoms with van der Waals surface area (Å²) in [5, 5.41) is 34.2. The lowest BCUT2D eigenvalue weighted by molar-refractivity contribution is -0.143. The van der Waals surface area contributed by atoms with Crippen molar-refractivity contribution in [2.24, 2.45) is 11.5 Å². The first-order valence-electron chi connectivity index (χ1n) is 10.0. The number of H-pyrrole nitrogens is 1. The van der Waals surface area contributed by atoms with Gasteiger partial charge in [-0.3, -0.25) is 14.4 Å². The van der Waals surface area contributed by atoms with E-state index in [0.29, 0.717) is 31.5 Å². The summed E-state index contributed by atoms with van der Waals surface area (Å²) < 4.78 is 0. The van der Waals surface area contributed by atoms with Crippen LogP contribution in [0.4, 0.5) is 0 Å². The van der Waals surface area contributed by atoms with E-state index in [-0.39, 0.29) is 6.42 Å². The van der Waals surface area contributed by atoms with Crippen LogP contribution in [0.2, 0.25) is 0 Å². The van der Waals surface area contributed by atoms with Crippen LogP contribution in [-0.4, -0.2) is 92.9 Å². The molecule has 14 nitrogen and oxygen atoms in total. The van der Waals surface area contributed by atoms with E-state index < -0.39 is 61.1 Å². The van der Waals surface area contributed by atoms with Gasteiger partial charge in [0.25, 0.3) is 0 Å². The number of aliphatic hydroxyl groups is 2. The first-order chi connectivity index (χ1) is 15.2. The van der Waals surface area contributed by atoms with Crippen LogP contribution in [0.25, 0.3) is 0 Å². The number of aromatic nitrogens is 2. The second-order valence-corrected chi connectivity index (χ2v) is 7.06. The summed E-state index contributed by atoms with van der Waals surface area (Å²) in [4.78, 5) is 55.0. The lowest BCUT2D eigenvalue weighted by atomic mass is 10.1. The molecule has 180 valence electrons. The maximum atomic E-state index is 12.8. The molecule has 0 aliphatic rings. The van der Waals surface area contributed by atoms with E-state index in [0.717, 1.165) is 0 Å². The third kappa shape index (κ3) is 8.97. The Hall–Kier alpha value is -3.07. The SMILES string of the molecule is NCCCCC(N)C(=O)NC(Cc1cnc[nH]1)C(=O)NC(CO)C(=O)NC(CO)C(=O)O. The minimum Gasteiger partial charge on any atom is -0.480 e. The Morgan fingerprint density at radius 2 is 1.56 bits per heavy atom. The van der Waals surface area contributed by atoms with E-state index in [1.165, 1.54) is 12.5 Å². The van der Waals surface area contributed by atoms with E-state index in [2.05, 4.69) is 20.6 Å². The van der Waals surface area contributed by atoms with E-state index in [4.69, 9.17) is 21.7 Å². The van der Waals surface area contributed by atoms with Gasteiger partial charge in [0.05, 0.1) is 25.6 Å². The number of hydrogen-bond donors (Lipinski definition) is 9. The molecule has 0 aromatic carbocycles. The number of carboxylic acid groups (broad SMARTS) is 1. The molecule has 32 heavy (non-hydrogen) atoms. The molecule has 0 fully saturated rings. The lowest BCUT2D eigenvalue weighted by Crippen LogP contribution is -2.58. The quantitative estimate of drug-likeness (QED) is 0.115. The Kier molecular flexibility index (Phi) is 11.9. The van der Waals surface area contributed by atoms with Crippen molar-refractivity contribution in [1.29, 1.82) is 0 Å². The number of hydrogen-bond acceptors (Lipinski definition) is 9. The maximum absolute atomic E-state index is 12.8. The van der Waals surface area contributed by atoms with Gasteiger partial charge in [0.1, 0.15) is 18.1 Å². The third-order valence-corrected chi connectivity index (χ3v) is 4.53. The Balaban J connectivity index is 2.86. The van der Waals surface area contributed by atoms with Crippen molar-refractivity contribution < 1.29 is 34.5 Å². The monoisotopic (exact) mass is 457 g/mol. The summed E-state index contributed by atoms with van der Waals surface area (Å²) >= 11 is 0. The molecule has 1 rings (SSSR count). The van der Waals surface area contributed by atoms with Crippen molar-refractivity contribution in [1.82, 2.24) is 25.9 Å². The number of imidazole rings is 1. The van der Waals surface area contributed by atoms with Crippen LogP contribution in [0.1, 0.15) is 25.0 Å². The largest absolute Gasteiger partial charge is 0.480 e. The molecule has 0 radical (unpaired) electrons. The molecule has 1 aromatic heterocycles. The second-order valence-electron chi connectivity index (χ2n) is 7.06. The molecule has 3 amide bonds. The van der Waals surface area contributed by atoms with E-state index in [1.807, 2.05) is 5.32 Å². The number of nitrogens with two attached hydrogens (primary N) is 2. The zero-order valence-corrected chi connectivity index (χ0v) is 17.5. The molecule has 0 aliphatic heterocycles. The van der Waals surface area contributed by atoms with Gasteiger partial charge < -0.3 is 47.7 Å². The highest BCUT2D eigenvalue weighted by Gasteiger charge is 2.30. The molecule has 1 aromatic rings. The number of unbranched alkanes of at least 4 members (excludes halogenated alkanes) is 1. The fraction of sp³-hybridized carbons (Fsp3) is 0.611. The van der Waals surface area contributed by atoms with Crippen molar-refractivity contribution >= 4 is 23.7 Å². The number of aliphatic carboxylic acids is 1. The number of carbonyl (C=O) groups excluding carboxylic acids is 3. The highest BCUT2D eigenvalue weighted by molar-refractivity contribution is 5.94. The van der Waals surface area contributed by atoms with Gasteiger partial charge in [-0.1, -0.05) is 6.42 Å². The van der Waals surface area contributed by atoms with Gasteiger partial charge >= 0.3 is 5.97 Å². The highest BCUT2D eigenvalue weighted by atomic mass is 16.4. The molecule has 14 heteroatoms. The number of rotatable bonds is 15. The third-order valence-electron chi connectivity index (χ3n) is 4.53. The van der Waals surface area contributed by atoms with Crippen molar-refractivity contribution in [3.63, 3.8) is 0 Å². The second kappa shape index (κ2) is 14.1. The van der Waals surface area contributed by atoms with Gasteiger partial charge in [0.2, 0.25) is 17.7 Å². The predicted octanol–water partition coefficient (Wildman–Crippen LogP) is -4.07. The average molecular weight is 457 g/mol. The van der Waals surface area contributed by atoms with Crippen molar-refractivity contribution in [3.8, 4) is 0 Å². The van der Waals surface area contributed by atoms with Crippen LogP contribution >= 0.6 is 0 Å². The number of amides is 3. The summed E-state index contributed by atoms with van der Waals surface area (Å²) in [7, 11) is 0. The molecular formula is C18H31N7O7. The minimum atomic E-state index is -1.61. The molecule has 0 aliphatic carbocycles. The predicted molar refractivity (Wildman–Crippen MR) is 111 cm³/mol. The van der Waals surface area contributed by atoms with Crippen LogP contribution in [-0.2, 0) is 25.6 Å². The van der Waals surface area contributed by atoms with Crippen molar-refractivity contribution in [3.05, 3.63) is 18.2 Å². The Morgan fingerprint density at radius 3 is 2.09 bits per heavy atom. The Bertz CT molecular complexity index is 744. The number of carboxylic acids is 1. The van der Waals surface area contributed by atoms with Gasteiger partial charge in [-0.05, 0) is 19.4 Å². The standard InChI is InChI=1S/C18H31N7O7/c19-4-2-1-3-11(20)15(28)23-12(5-10-6-21-9-22-10)16(29)24-13(7-26)17(30)25-14(8-27)18(31)32/h6,9,11-14,26-27H,1-5,7-8,19-20H2,(H,21,22)(H,23,28)(H,24,29)(H,25,30)(H,31,32). The first-order valence-corrected chi connectivity index (χ1v) is 10.0. The fourth-order valence-corrected chi connectivity index (χ4v) is 2.67. The van der Waals surface area contributed by atoms with Crippen LogP contribution in [0.3, 0.4) is 0 Å². The Morgan fingerprint density at radius 1 is 0.969 bits per heavy atom. The topological polar surface area (TPSA) is 246 Å². The van der Waals surface area contributed by atoms with Crippen LogP contribution < -0.4 is 27.4 Å². The molecule has 0 spiro atoms. The van der Waals surface area contributed by atoms with Crippen LogP contribution in [0, 0.1) is 0 Å². The zero-order valence-electron chi connectivity index (χ0n) is 17.5. The zero-order chi connectivity index (χ0) is 24.1.